The number of nitrogens with two attached hydrogens (primary N) is 1. The van der Waals surface area contributed by atoms with Crippen LogP contribution in [0.5, 0.6) is 0 Å². The zero-order valence-corrected chi connectivity index (χ0v) is 14.8. The van der Waals surface area contributed by atoms with Gasteiger partial charge in [0.1, 0.15) is 22.3 Å². The molecule has 0 atom stereocenters. The minimum atomic E-state index is -0.495. The average molecular weight is 383 g/mol. The zero-order valence-electron chi connectivity index (χ0n) is 13.2. The summed E-state index contributed by atoms with van der Waals surface area (Å²) in [7, 11) is 0. The van der Waals surface area contributed by atoms with Gasteiger partial charge in [-0.3, -0.25) is 0 Å². The summed E-state index contributed by atoms with van der Waals surface area (Å²) in [5, 5.41) is 8.04. The van der Waals surface area contributed by atoms with Gasteiger partial charge in [0.2, 0.25) is 0 Å². The van der Waals surface area contributed by atoms with Crippen LogP contribution in [0.4, 0.5) is 10.6 Å². The molecule has 1 amide bonds. The van der Waals surface area contributed by atoms with Crippen molar-refractivity contribution in [2.45, 2.75) is 51.3 Å². The van der Waals surface area contributed by atoms with Gasteiger partial charge >= 0.3 is 6.09 Å². The molecule has 0 saturated heterocycles. The second kappa shape index (κ2) is 5.63. The van der Waals surface area contributed by atoms with Crippen molar-refractivity contribution < 1.29 is 9.53 Å². The average Bonchev–Trinajstić information content (AvgIpc) is 2.70. The first-order valence-corrected chi connectivity index (χ1v) is 8.17. The molecule has 0 bridgehead atoms. The Balaban J connectivity index is 1.66. The standard InChI is InChI=1S/C14H19BrN6O2/c1-14(2,3)23-13(22)19-7-4-8(5-7)21-12-9(10(15)20-21)11(16)17-6-18-12/h6-8H,4-5H2,1-3H3,(H,19,22)(H2,16,17,18). The maximum absolute atomic E-state index is 11.8. The lowest BCUT2D eigenvalue weighted by atomic mass is 9.87. The summed E-state index contributed by atoms with van der Waals surface area (Å²) < 4.78 is 7.73. The van der Waals surface area contributed by atoms with E-state index >= 15 is 0 Å². The fourth-order valence-electron chi connectivity index (χ4n) is 2.59. The molecule has 0 radical (unpaired) electrons. The number of alkyl carbamates (subject to hydrolysis) is 1. The van der Waals surface area contributed by atoms with Crippen LogP contribution < -0.4 is 11.1 Å². The highest BCUT2D eigenvalue weighted by atomic mass is 79.9. The third kappa shape index (κ3) is 3.24. The number of anilines is 1. The van der Waals surface area contributed by atoms with E-state index in [1.807, 2.05) is 25.5 Å². The number of fused-ring (bicyclic) bond motifs is 1. The van der Waals surface area contributed by atoms with Gasteiger partial charge in [0.05, 0.1) is 11.4 Å². The van der Waals surface area contributed by atoms with Gasteiger partial charge in [-0.2, -0.15) is 5.10 Å². The van der Waals surface area contributed by atoms with Crippen LogP contribution in [0.15, 0.2) is 10.9 Å². The Bertz CT molecular complexity index is 748. The van der Waals surface area contributed by atoms with E-state index in [1.54, 1.807) is 0 Å². The van der Waals surface area contributed by atoms with Crippen LogP contribution in [0.3, 0.4) is 0 Å². The van der Waals surface area contributed by atoms with Crippen molar-refractivity contribution in [3.05, 3.63) is 10.9 Å². The van der Waals surface area contributed by atoms with Crippen molar-refractivity contribution in [1.29, 1.82) is 0 Å². The van der Waals surface area contributed by atoms with Crippen molar-refractivity contribution in [2.24, 2.45) is 0 Å². The highest BCUT2D eigenvalue weighted by molar-refractivity contribution is 9.10. The molecule has 0 spiro atoms. The van der Waals surface area contributed by atoms with Gasteiger partial charge in [0.25, 0.3) is 0 Å². The summed E-state index contributed by atoms with van der Waals surface area (Å²) in [6.07, 6.45) is 2.58. The number of rotatable bonds is 2. The number of hydrogen-bond donors (Lipinski definition) is 2. The van der Waals surface area contributed by atoms with Crippen LogP contribution in [0.1, 0.15) is 39.7 Å². The van der Waals surface area contributed by atoms with Gasteiger partial charge in [-0.05, 0) is 49.5 Å². The third-order valence-corrected chi connectivity index (χ3v) is 4.21. The summed E-state index contributed by atoms with van der Waals surface area (Å²) in [5.74, 6) is 0.399. The van der Waals surface area contributed by atoms with Crippen LogP contribution >= 0.6 is 15.9 Å². The predicted octanol–water partition coefficient (Wildman–Crippen LogP) is 2.40. The van der Waals surface area contributed by atoms with Crippen LogP contribution in [-0.2, 0) is 4.74 Å². The van der Waals surface area contributed by atoms with Crippen molar-refractivity contribution >= 4 is 38.9 Å². The van der Waals surface area contributed by atoms with Gasteiger partial charge in [-0.1, -0.05) is 0 Å². The molecule has 3 rings (SSSR count). The monoisotopic (exact) mass is 382 g/mol. The number of aromatic nitrogens is 4. The van der Waals surface area contributed by atoms with Crippen LogP contribution in [0.2, 0.25) is 0 Å². The van der Waals surface area contributed by atoms with Crippen molar-refractivity contribution in [2.75, 3.05) is 5.73 Å². The van der Waals surface area contributed by atoms with E-state index in [2.05, 4.69) is 36.3 Å². The van der Waals surface area contributed by atoms with E-state index in [4.69, 9.17) is 10.5 Å². The topological polar surface area (TPSA) is 108 Å². The Kier molecular flexibility index (Phi) is 3.91. The molecule has 1 aliphatic rings. The lowest BCUT2D eigenvalue weighted by molar-refractivity contribution is 0.0454. The third-order valence-electron chi connectivity index (χ3n) is 3.66. The smallest absolute Gasteiger partial charge is 0.407 e. The van der Waals surface area contributed by atoms with Gasteiger partial charge in [0, 0.05) is 6.04 Å². The fraction of sp³-hybridized carbons (Fsp3) is 0.571. The predicted molar refractivity (Wildman–Crippen MR) is 88.9 cm³/mol. The van der Waals surface area contributed by atoms with Gasteiger partial charge in [0.15, 0.2) is 5.65 Å². The maximum Gasteiger partial charge on any atom is 0.407 e. The quantitative estimate of drug-likeness (QED) is 0.825. The molecule has 8 nitrogen and oxygen atoms in total. The second-order valence-corrected chi connectivity index (χ2v) is 7.41. The van der Waals surface area contributed by atoms with E-state index in [9.17, 15) is 4.79 Å². The molecule has 1 saturated carbocycles. The van der Waals surface area contributed by atoms with E-state index in [0.29, 0.717) is 16.1 Å². The summed E-state index contributed by atoms with van der Waals surface area (Å²) in [6, 6.07) is 0.241. The van der Waals surface area contributed by atoms with Gasteiger partial charge in [-0.15, -0.1) is 0 Å². The number of carbonyl (C=O) groups excluding carboxylic acids is 1. The maximum atomic E-state index is 11.8. The molecule has 2 aromatic rings. The first-order chi connectivity index (χ1) is 10.7. The van der Waals surface area contributed by atoms with E-state index < -0.39 is 5.60 Å². The highest BCUT2D eigenvalue weighted by Crippen LogP contribution is 2.36. The van der Waals surface area contributed by atoms with Crippen molar-refractivity contribution in [3.63, 3.8) is 0 Å². The first kappa shape index (κ1) is 16.0. The molecule has 0 aromatic carbocycles. The van der Waals surface area contributed by atoms with E-state index in [1.165, 1.54) is 6.33 Å². The zero-order chi connectivity index (χ0) is 16.8. The van der Waals surface area contributed by atoms with Crippen molar-refractivity contribution in [3.8, 4) is 0 Å². The lowest BCUT2D eigenvalue weighted by Crippen LogP contribution is -2.46. The number of hydrogen-bond acceptors (Lipinski definition) is 6. The Morgan fingerprint density at radius 1 is 1.43 bits per heavy atom. The van der Waals surface area contributed by atoms with Crippen LogP contribution in [0, 0.1) is 0 Å². The Morgan fingerprint density at radius 2 is 2.13 bits per heavy atom. The molecular formula is C14H19BrN6O2. The number of carbonyl (C=O) groups is 1. The molecule has 9 heteroatoms. The van der Waals surface area contributed by atoms with Crippen LogP contribution in [-0.4, -0.2) is 37.5 Å². The number of nitrogens with one attached hydrogen (secondary N) is 1. The normalized spacial score (nSPS) is 21.0. The van der Waals surface area contributed by atoms with Gasteiger partial charge in [-0.25, -0.2) is 19.4 Å². The number of amides is 1. The van der Waals surface area contributed by atoms with Crippen LogP contribution in [0.25, 0.3) is 11.0 Å². The summed E-state index contributed by atoms with van der Waals surface area (Å²) in [6.45, 7) is 5.52. The number of nitrogen functional groups attached to an aromatic ring is 1. The molecule has 23 heavy (non-hydrogen) atoms. The highest BCUT2D eigenvalue weighted by Gasteiger charge is 2.35. The largest absolute Gasteiger partial charge is 0.444 e. The summed E-state index contributed by atoms with van der Waals surface area (Å²) in [4.78, 5) is 20.0. The minimum Gasteiger partial charge on any atom is -0.444 e. The molecule has 3 N–H and O–H groups in total. The fourth-order valence-corrected chi connectivity index (χ4v) is 3.14. The van der Waals surface area contributed by atoms with Gasteiger partial charge < -0.3 is 15.8 Å². The number of halogens is 1. The number of nitrogens with zero attached hydrogens (tertiary/aromatic N) is 4. The molecule has 1 aliphatic carbocycles. The molecule has 0 unspecified atom stereocenters. The van der Waals surface area contributed by atoms with E-state index in [0.717, 1.165) is 18.2 Å². The molecule has 1 fully saturated rings. The summed E-state index contributed by atoms with van der Waals surface area (Å²) >= 11 is 3.40. The Morgan fingerprint density at radius 3 is 2.78 bits per heavy atom. The molecule has 2 aromatic heterocycles. The molecule has 0 aliphatic heterocycles. The molecular weight excluding hydrogens is 364 g/mol. The Hall–Kier alpha value is -1.90. The first-order valence-electron chi connectivity index (χ1n) is 7.38. The van der Waals surface area contributed by atoms with E-state index in [-0.39, 0.29) is 18.2 Å². The van der Waals surface area contributed by atoms with Crippen molar-refractivity contribution in [1.82, 2.24) is 25.1 Å². The SMILES string of the molecule is CC(C)(C)OC(=O)NC1CC(n2nc(Br)c3c(N)ncnc32)C1. The number of ether oxygens (including phenoxy) is 1. The second-order valence-electron chi connectivity index (χ2n) is 6.66. The minimum absolute atomic E-state index is 0.0760. The molecule has 2 heterocycles. The molecule has 124 valence electrons. The summed E-state index contributed by atoms with van der Waals surface area (Å²) in [5.41, 5.74) is 6.08. The lowest BCUT2D eigenvalue weighted by Gasteiger charge is -2.36. The Labute approximate surface area is 141 Å².